The van der Waals surface area contributed by atoms with Gasteiger partial charge in [-0.05, 0) is 37.9 Å². The van der Waals surface area contributed by atoms with Crippen molar-refractivity contribution in [3.05, 3.63) is 0 Å². The lowest BCUT2D eigenvalue weighted by atomic mass is 10.0. The smallest absolute Gasteiger partial charge is 0.347 e. The molecule has 1 rings (SSSR count). The summed E-state index contributed by atoms with van der Waals surface area (Å²) in [6.45, 7) is 5.30. The lowest BCUT2D eigenvalue weighted by Gasteiger charge is -2.14. The predicted octanol–water partition coefficient (Wildman–Crippen LogP) is 9.97. The molecule has 0 aromatic carbocycles. The zero-order valence-electron chi connectivity index (χ0n) is 26.4. The normalized spacial score (nSPS) is 17.1. The van der Waals surface area contributed by atoms with E-state index in [1.54, 1.807) is 0 Å². The van der Waals surface area contributed by atoms with E-state index in [2.05, 4.69) is 13.8 Å². The van der Waals surface area contributed by atoms with Crippen LogP contribution in [0, 0.1) is 0 Å². The van der Waals surface area contributed by atoms with Crippen LogP contribution in [0.2, 0.25) is 0 Å². The van der Waals surface area contributed by atoms with Crippen molar-refractivity contribution in [1.29, 1.82) is 0 Å². The van der Waals surface area contributed by atoms with E-state index in [1.165, 1.54) is 128 Å². The van der Waals surface area contributed by atoms with Gasteiger partial charge in [-0.1, -0.05) is 136 Å². The van der Waals surface area contributed by atoms with Crippen LogP contribution in [0.5, 0.6) is 0 Å². The summed E-state index contributed by atoms with van der Waals surface area (Å²) in [5, 5.41) is 0. The summed E-state index contributed by atoms with van der Waals surface area (Å²) in [6, 6.07) is 0. The van der Waals surface area contributed by atoms with Crippen LogP contribution in [-0.2, 0) is 23.8 Å². The van der Waals surface area contributed by atoms with E-state index in [-0.39, 0.29) is 0 Å². The summed E-state index contributed by atoms with van der Waals surface area (Å²) in [6.07, 6.45) is 30.3. The Hall–Kier alpha value is -0.750. The molecule has 236 valence electrons. The highest BCUT2D eigenvalue weighted by molar-refractivity contribution is 7.99. The van der Waals surface area contributed by atoms with E-state index >= 15 is 0 Å². The van der Waals surface area contributed by atoms with E-state index < -0.39 is 12.1 Å². The summed E-state index contributed by atoms with van der Waals surface area (Å²) in [5.74, 6) is 1.53. The summed E-state index contributed by atoms with van der Waals surface area (Å²) in [7, 11) is 0. The van der Waals surface area contributed by atoms with Gasteiger partial charge >= 0.3 is 5.97 Å². The molecule has 40 heavy (non-hydrogen) atoms. The minimum absolute atomic E-state index is 0.378. The molecule has 0 N–H and O–H groups in total. The molecule has 3 unspecified atom stereocenters. The first-order valence-corrected chi connectivity index (χ1v) is 18.4. The number of esters is 1. The second-order valence-electron chi connectivity index (χ2n) is 11.8. The van der Waals surface area contributed by atoms with Gasteiger partial charge in [0.15, 0.2) is 6.10 Å². The molecule has 1 aliphatic heterocycles. The van der Waals surface area contributed by atoms with E-state index in [0.29, 0.717) is 31.7 Å². The maximum Gasteiger partial charge on any atom is 0.347 e. The molecule has 6 heteroatoms. The number of unbranched alkanes of at least 4 members (excludes halogenated alkanes) is 18. The van der Waals surface area contributed by atoms with Gasteiger partial charge in [0.25, 0.3) is 6.47 Å². The molecule has 0 aliphatic carbocycles. The van der Waals surface area contributed by atoms with Gasteiger partial charge < -0.3 is 14.2 Å². The molecule has 0 bridgehead atoms. The van der Waals surface area contributed by atoms with Gasteiger partial charge in [-0.3, -0.25) is 4.79 Å². The molecular formula is C34H64O5S. The zero-order valence-corrected chi connectivity index (χ0v) is 27.2. The zero-order chi connectivity index (χ0) is 28.9. The van der Waals surface area contributed by atoms with Crippen molar-refractivity contribution in [3.8, 4) is 0 Å². The third-order valence-electron chi connectivity index (χ3n) is 8.08. The summed E-state index contributed by atoms with van der Waals surface area (Å²) in [4.78, 5) is 23.2. The average Bonchev–Trinajstić information content (AvgIpc) is 3.71. The van der Waals surface area contributed by atoms with Crippen LogP contribution in [-0.4, -0.2) is 48.9 Å². The van der Waals surface area contributed by atoms with Gasteiger partial charge in [0.1, 0.15) is 6.61 Å². The molecule has 0 aromatic heterocycles. The van der Waals surface area contributed by atoms with E-state index in [9.17, 15) is 9.59 Å². The molecule has 1 fully saturated rings. The Morgan fingerprint density at radius 2 is 1.15 bits per heavy atom. The highest BCUT2D eigenvalue weighted by Gasteiger charge is 2.36. The molecule has 0 radical (unpaired) electrons. The Bertz CT molecular complexity index is 573. The monoisotopic (exact) mass is 584 g/mol. The molecule has 5 nitrogen and oxygen atoms in total. The molecule has 0 saturated carbocycles. The predicted molar refractivity (Wildman–Crippen MR) is 170 cm³/mol. The van der Waals surface area contributed by atoms with Crippen LogP contribution in [0.15, 0.2) is 0 Å². The second-order valence-corrected chi connectivity index (χ2v) is 13.0. The van der Waals surface area contributed by atoms with Gasteiger partial charge in [-0.25, -0.2) is 4.79 Å². The number of carbonyl (C=O) groups is 2. The lowest BCUT2D eigenvalue weighted by Crippen LogP contribution is -2.27. The topological polar surface area (TPSA) is 65.1 Å². The van der Waals surface area contributed by atoms with Crippen LogP contribution in [0.4, 0.5) is 0 Å². The Labute approximate surface area is 252 Å². The fourth-order valence-corrected chi connectivity index (χ4v) is 6.23. The number of carbonyl (C=O) groups excluding carboxylic acids is 2. The Morgan fingerprint density at radius 3 is 1.68 bits per heavy atom. The molecule has 0 aromatic rings. The van der Waals surface area contributed by atoms with Crippen molar-refractivity contribution >= 4 is 24.2 Å². The number of thioether (sulfide) groups is 1. The van der Waals surface area contributed by atoms with Crippen molar-refractivity contribution in [3.63, 3.8) is 0 Å². The lowest BCUT2D eigenvalue weighted by molar-refractivity contribution is -0.161. The number of ether oxygens (including phenoxy) is 3. The molecule has 1 saturated heterocycles. The fourth-order valence-electron chi connectivity index (χ4n) is 5.41. The van der Waals surface area contributed by atoms with Crippen LogP contribution in [0.3, 0.4) is 0 Å². The number of hydrogen-bond donors (Lipinski definition) is 0. The average molecular weight is 585 g/mol. The first kappa shape index (κ1) is 37.3. The molecule has 1 aliphatic rings. The van der Waals surface area contributed by atoms with Gasteiger partial charge in [-0.15, -0.1) is 0 Å². The van der Waals surface area contributed by atoms with Gasteiger partial charge in [0.05, 0.1) is 12.2 Å². The van der Waals surface area contributed by atoms with Crippen LogP contribution in [0.1, 0.15) is 168 Å². The van der Waals surface area contributed by atoms with Crippen molar-refractivity contribution in [2.45, 2.75) is 186 Å². The van der Waals surface area contributed by atoms with Crippen LogP contribution < -0.4 is 0 Å². The van der Waals surface area contributed by atoms with E-state index in [4.69, 9.17) is 14.2 Å². The molecule has 0 amide bonds. The maximum atomic E-state index is 12.3. The van der Waals surface area contributed by atoms with Crippen LogP contribution >= 0.6 is 11.8 Å². The summed E-state index contributed by atoms with van der Waals surface area (Å²) in [5.41, 5.74) is 0. The quantitative estimate of drug-likeness (QED) is 0.0339. The van der Waals surface area contributed by atoms with Crippen molar-refractivity contribution in [1.82, 2.24) is 0 Å². The number of hydrogen-bond acceptors (Lipinski definition) is 6. The number of rotatable bonds is 32. The SMILES string of the molecule is CCCCCCCCCCCCSCCOC(=O)C(CCCCCCCC1OC1CCCCCCCC)OC=O. The van der Waals surface area contributed by atoms with Gasteiger partial charge in [0, 0.05) is 5.75 Å². The summed E-state index contributed by atoms with van der Waals surface area (Å²) < 4.78 is 16.3. The third-order valence-corrected chi connectivity index (χ3v) is 9.11. The first-order valence-electron chi connectivity index (χ1n) is 17.2. The molecular weight excluding hydrogens is 520 g/mol. The summed E-state index contributed by atoms with van der Waals surface area (Å²) >= 11 is 1.84. The maximum absolute atomic E-state index is 12.3. The Balaban J connectivity index is 1.90. The standard InChI is InChI=1S/C34H64O5S/c1-3-5-7-9-11-12-13-14-19-23-28-40-29-27-37-34(36)33(38-30-35)26-22-18-15-17-21-25-32-31(39-32)24-20-16-10-8-6-4-2/h30-33H,3-29H2,1-2H3. The largest absolute Gasteiger partial charge is 0.462 e. The van der Waals surface area contributed by atoms with Crippen molar-refractivity contribution in [2.24, 2.45) is 0 Å². The highest BCUT2D eigenvalue weighted by Crippen LogP contribution is 2.32. The molecule has 3 atom stereocenters. The Kier molecular flexibility index (Phi) is 26.4. The van der Waals surface area contributed by atoms with Crippen molar-refractivity contribution in [2.75, 3.05) is 18.1 Å². The van der Waals surface area contributed by atoms with Crippen LogP contribution in [0.25, 0.3) is 0 Å². The first-order chi connectivity index (χ1) is 19.7. The fraction of sp³-hybridized carbons (Fsp3) is 0.941. The molecule has 1 heterocycles. The van der Waals surface area contributed by atoms with Crippen molar-refractivity contribution < 1.29 is 23.8 Å². The van der Waals surface area contributed by atoms with E-state index in [1.807, 2.05) is 11.8 Å². The second kappa shape index (κ2) is 28.4. The molecule has 0 spiro atoms. The Morgan fingerprint density at radius 1 is 0.675 bits per heavy atom. The minimum Gasteiger partial charge on any atom is -0.462 e. The number of epoxide rings is 1. The minimum atomic E-state index is -0.757. The third kappa shape index (κ3) is 22.9. The van der Waals surface area contributed by atoms with Gasteiger partial charge in [0.2, 0.25) is 0 Å². The van der Waals surface area contributed by atoms with E-state index in [0.717, 1.165) is 30.8 Å². The highest BCUT2D eigenvalue weighted by atomic mass is 32.2. The van der Waals surface area contributed by atoms with Gasteiger partial charge in [-0.2, -0.15) is 11.8 Å².